The van der Waals surface area contributed by atoms with Crippen LogP contribution in [0.1, 0.15) is 30.7 Å². The molecule has 1 unspecified atom stereocenters. The molecule has 1 aliphatic heterocycles. The molecule has 0 saturated carbocycles. The van der Waals surface area contributed by atoms with E-state index in [0.717, 1.165) is 31.4 Å². The molecule has 2 amide bonds. The normalized spacial score (nSPS) is 16.3. The summed E-state index contributed by atoms with van der Waals surface area (Å²) in [7, 11) is 0. The fourth-order valence-electron chi connectivity index (χ4n) is 3.52. The summed E-state index contributed by atoms with van der Waals surface area (Å²) < 4.78 is 5.31. The number of carbonyl (C=O) groups is 1. The van der Waals surface area contributed by atoms with Crippen LogP contribution >= 0.6 is 0 Å². The van der Waals surface area contributed by atoms with Crippen molar-refractivity contribution in [2.24, 2.45) is 0 Å². The molecule has 1 fully saturated rings. The van der Waals surface area contributed by atoms with Gasteiger partial charge in [-0.15, -0.1) is 0 Å². The zero-order valence-corrected chi connectivity index (χ0v) is 15.6. The summed E-state index contributed by atoms with van der Waals surface area (Å²) in [6.45, 7) is 1.33. The SMILES string of the molecule is O=C(NCc1ccccc1)N1CCCC1CCc1noc(-c2ccccn2)n1. The van der Waals surface area contributed by atoms with Crippen molar-refractivity contribution in [3.05, 3.63) is 66.1 Å². The first-order valence-corrected chi connectivity index (χ1v) is 9.62. The molecule has 28 heavy (non-hydrogen) atoms. The minimum Gasteiger partial charge on any atom is -0.334 e. The third kappa shape index (κ3) is 4.36. The third-order valence-corrected chi connectivity index (χ3v) is 4.98. The summed E-state index contributed by atoms with van der Waals surface area (Å²) in [6.07, 6.45) is 5.21. The van der Waals surface area contributed by atoms with Crippen molar-refractivity contribution in [3.8, 4) is 11.6 Å². The van der Waals surface area contributed by atoms with Gasteiger partial charge in [-0.25, -0.2) is 4.79 Å². The molecule has 7 heteroatoms. The van der Waals surface area contributed by atoms with E-state index in [1.54, 1.807) is 6.20 Å². The summed E-state index contributed by atoms with van der Waals surface area (Å²) in [4.78, 5) is 23.2. The van der Waals surface area contributed by atoms with Gasteiger partial charge >= 0.3 is 6.03 Å². The number of carbonyl (C=O) groups excluding carboxylic acids is 1. The molecule has 1 saturated heterocycles. The van der Waals surface area contributed by atoms with E-state index in [-0.39, 0.29) is 12.1 Å². The number of hydrogen-bond donors (Lipinski definition) is 1. The zero-order valence-electron chi connectivity index (χ0n) is 15.6. The molecule has 1 atom stereocenters. The van der Waals surface area contributed by atoms with E-state index < -0.39 is 0 Å². The van der Waals surface area contributed by atoms with Gasteiger partial charge in [-0.05, 0) is 37.0 Å². The Bertz CT molecular complexity index is 897. The van der Waals surface area contributed by atoms with Gasteiger partial charge in [0, 0.05) is 31.7 Å². The summed E-state index contributed by atoms with van der Waals surface area (Å²) in [5, 5.41) is 7.08. The van der Waals surface area contributed by atoms with Crippen LogP contribution in [0.4, 0.5) is 4.79 Å². The van der Waals surface area contributed by atoms with Crippen LogP contribution in [0.15, 0.2) is 59.3 Å². The van der Waals surface area contributed by atoms with Crippen LogP contribution < -0.4 is 5.32 Å². The quantitative estimate of drug-likeness (QED) is 0.711. The maximum Gasteiger partial charge on any atom is 0.317 e. The second kappa shape index (κ2) is 8.65. The number of aromatic nitrogens is 3. The van der Waals surface area contributed by atoms with Crippen LogP contribution in [-0.2, 0) is 13.0 Å². The lowest BCUT2D eigenvalue weighted by Gasteiger charge is -2.24. The maximum atomic E-state index is 12.6. The summed E-state index contributed by atoms with van der Waals surface area (Å²) in [5.41, 5.74) is 1.77. The lowest BCUT2D eigenvalue weighted by atomic mass is 10.1. The van der Waals surface area contributed by atoms with Gasteiger partial charge in [0.05, 0.1) is 0 Å². The Balaban J connectivity index is 1.30. The highest BCUT2D eigenvalue weighted by atomic mass is 16.5. The molecule has 0 radical (unpaired) electrons. The van der Waals surface area contributed by atoms with Gasteiger partial charge in [0.25, 0.3) is 5.89 Å². The fourth-order valence-corrected chi connectivity index (χ4v) is 3.52. The molecule has 144 valence electrons. The van der Waals surface area contributed by atoms with Crippen LogP contribution in [0.2, 0.25) is 0 Å². The van der Waals surface area contributed by atoms with Gasteiger partial charge in [0.2, 0.25) is 0 Å². The number of aryl methyl sites for hydroxylation is 1. The number of likely N-dealkylation sites (tertiary alicyclic amines) is 1. The van der Waals surface area contributed by atoms with Crippen LogP contribution in [-0.4, -0.2) is 38.6 Å². The predicted molar refractivity (Wildman–Crippen MR) is 104 cm³/mol. The van der Waals surface area contributed by atoms with Gasteiger partial charge < -0.3 is 14.7 Å². The largest absolute Gasteiger partial charge is 0.334 e. The topological polar surface area (TPSA) is 84.2 Å². The van der Waals surface area contributed by atoms with E-state index in [1.165, 1.54) is 0 Å². The van der Waals surface area contributed by atoms with Gasteiger partial charge in [-0.2, -0.15) is 4.98 Å². The van der Waals surface area contributed by atoms with Crippen LogP contribution in [0.25, 0.3) is 11.6 Å². The number of pyridine rings is 1. The Morgan fingerprint density at radius 1 is 1.18 bits per heavy atom. The Labute approximate surface area is 163 Å². The van der Waals surface area contributed by atoms with Crippen molar-refractivity contribution in [2.45, 2.75) is 38.3 Å². The molecule has 1 aliphatic rings. The number of nitrogens with one attached hydrogen (secondary N) is 1. The molecule has 2 aromatic heterocycles. The van der Waals surface area contributed by atoms with Gasteiger partial charge in [0.1, 0.15) is 5.69 Å². The first-order valence-electron chi connectivity index (χ1n) is 9.62. The van der Waals surface area contributed by atoms with Gasteiger partial charge in [-0.1, -0.05) is 41.6 Å². The van der Waals surface area contributed by atoms with Crippen molar-refractivity contribution in [1.82, 2.24) is 25.3 Å². The van der Waals surface area contributed by atoms with E-state index in [2.05, 4.69) is 20.4 Å². The molecular formula is C21H23N5O2. The van der Waals surface area contributed by atoms with Crippen molar-refractivity contribution >= 4 is 6.03 Å². The average Bonchev–Trinajstić information content (AvgIpc) is 3.41. The maximum absolute atomic E-state index is 12.6. The number of rotatable bonds is 6. The molecule has 1 aromatic carbocycles. The van der Waals surface area contributed by atoms with Crippen molar-refractivity contribution < 1.29 is 9.32 Å². The van der Waals surface area contributed by atoms with E-state index >= 15 is 0 Å². The number of benzene rings is 1. The summed E-state index contributed by atoms with van der Waals surface area (Å²) in [6, 6.07) is 15.7. The summed E-state index contributed by atoms with van der Waals surface area (Å²) in [5.74, 6) is 1.08. The number of nitrogens with zero attached hydrogens (tertiary/aromatic N) is 4. The zero-order chi connectivity index (χ0) is 19.2. The van der Waals surface area contributed by atoms with Crippen LogP contribution in [0.3, 0.4) is 0 Å². The second-order valence-electron chi connectivity index (χ2n) is 6.90. The highest BCUT2D eigenvalue weighted by Crippen LogP contribution is 2.22. The first kappa shape index (κ1) is 18.2. The highest BCUT2D eigenvalue weighted by Gasteiger charge is 2.28. The van der Waals surface area contributed by atoms with Crippen molar-refractivity contribution in [1.29, 1.82) is 0 Å². The monoisotopic (exact) mass is 377 g/mol. The number of hydrogen-bond acceptors (Lipinski definition) is 5. The Morgan fingerprint density at radius 2 is 2.04 bits per heavy atom. The molecule has 7 nitrogen and oxygen atoms in total. The van der Waals surface area contributed by atoms with Gasteiger partial charge in [0.15, 0.2) is 5.82 Å². The molecule has 4 rings (SSSR count). The average molecular weight is 377 g/mol. The fraction of sp³-hybridized carbons (Fsp3) is 0.333. The summed E-state index contributed by atoms with van der Waals surface area (Å²) >= 11 is 0. The standard InChI is InChI=1S/C21H23N5O2/c27-21(23-15-16-7-2-1-3-8-16)26-14-6-9-17(26)11-12-19-24-20(28-25-19)18-10-4-5-13-22-18/h1-5,7-8,10,13,17H,6,9,11-12,14-15H2,(H,23,27). The van der Waals surface area contributed by atoms with Crippen LogP contribution in [0.5, 0.6) is 0 Å². The minimum atomic E-state index is -0.00589. The molecule has 3 heterocycles. The Morgan fingerprint density at radius 3 is 2.86 bits per heavy atom. The van der Waals surface area contributed by atoms with E-state index in [9.17, 15) is 4.79 Å². The number of urea groups is 1. The van der Waals surface area contributed by atoms with E-state index in [1.807, 2.05) is 53.4 Å². The molecule has 0 aliphatic carbocycles. The lowest BCUT2D eigenvalue weighted by Crippen LogP contribution is -2.42. The lowest BCUT2D eigenvalue weighted by molar-refractivity contribution is 0.189. The van der Waals surface area contributed by atoms with Crippen LogP contribution in [0, 0.1) is 0 Å². The van der Waals surface area contributed by atoms with Crippen molar-refractivity contribution in [2.75, 3.05) is 6.54 Å². The highest BCUT2D eigenvalue weighted by molar-refractivity contribution is 5.74. The molecular weight excluding hydrogens is 354 g/mol. The van der Waals surface area contributed by atoms with Crippen molar-refractivity contribution in [3.63, 3.8) is 0 Å². The first-order chi connectivity index (χ1) is 13.8. The molecule has 0 spiro atoms. The van der Waals surface area contributed by atoms with E-state index in [4.69, 9.17) is 4.52 Å². The van der Waals surface area contributed by atoms with E-state index in [0.29, 0.717) is 30.4 Å². The Hall–Kier alpha value is -3.22. The van der Waals surface area contributed by atoms with Gasteiger partial charge in [-0.3, -0.25) is 4.98 Å². The minimum absolute atomic E-state index is 0.00589. The third-order valence-electron chi connectivity index (χ3n) is 4.98. The molecule has 3 aromatic rings. The molecule has 1 N–H and O–H groups in total. The Kier molecular flexibility index (Phi) is 5.61. The number of amides is 2. The molecule has 0 bridgehead atoms. The smallest absolute Gasteiger partial charge is 0.317 e. The second-order valence-corrected chi connectivity index (χ2v) is 6.90. The predicted octanol–water partition coefficient (Wildman–Crippen LogP) is 3.44.